The Bertz CT molecular complexity index is 914. The Labute approximate surface area is 158 Å². The van der Waals surface area contributed by atoms with E-state index < -0.39 is 24.7 Å². The highest BCUT2D eigenvalue weighted by Gasteiger charge is 2.50. The molecule has 1 saturated carbocycles. The van der Waals surface area contributed by atoms with Gasteiger partial charge in [0.25, 0.3) is 0 Å². The van der Waals surface area contributed by atoms with Crippen molar-refractivity contribution in [2.24, 2.45) is 5.92 Å². The molecule has 2 N–H and O–H groups in total. The molecule has 2 aliphatic rings. The maximum atomic E-state index is 13.1. The SMILES string of the molecule is Nc1nc2c(c(-c3ccc(Cl)cc3Cl)n1)CN(C(=O)C1CC(F)(F)C1)C2. The third-order valence-corrected chi connectivity index (χ3v) is 5.28. The number of halogens is 4. The normalized spacial score (nSPS) is 18.5. The molecule has 5 nitrogen and oxygen atoms in total. The second kappa shape index (κ2) is 6.03. The molecule has 0 unspecified atom stereocenters. The standard InChI is InChI=1S/C17H14Cl2F2N4O/c18-9-1-2-10(12(19)3-9)14-11-6-25(7-13(11)23-16(22)24-14)15(26)8-4-17(20,21)5-8/h1-3,8H,4-7H2,(H2,22,23,24). The van der Waals surface area contributed by atoms with Crippen LogP contribution in [-0.4, -0.2) is 26.7 Å². The molecule has 9 heteroatoms. The van der Waals surface area contributed by atoms with E-state index in [9.17, 15) is 13.6 Å². The van der Waals surface area contributed by atoms with Gasteiger partial charge in [0, 0.05) is 34.9 Å². The molecule has 2 aromatic rings. The summed E-state index contributed by atoms with van der Waals surface area (Å²) in [7, 11) is 0. The summed E-state index contributed by atoms with van der Waals surface area (Å²) < 4.78 is 26.2. The van der Waals surface area contributed by atoms with Crippen LogP contribution < -0.4 is 5.73 Å². The zero-order valence-corrected chi connectivity index (χ0v) is 15.0. The Morgan fingerprint density at radius 2 is 1.96 bits per heavy atom. The van der Waals surface area contributed by atoms with E-state index in [1.165, 1.54) is 4.90 Å². The molecule has 1 fully saturated rings. The zero-order valence-electron chi connectivity index (χ0n) is 13.5. The van der Waals surface area contributed by atoms with Gasteiger partial charge in [-0.05, 0) is 18.2 Å². The van der Waals surface area contributed by atoms with Gasteiger partial charge in [-0.15, -0.1) is 0 Å². The molecule has 1 aromatic heterocycles. The highest BCUT2D eigenvalue weighted by molar-refractivity contribution is 6.36. The second-order valence-electron chi connectivity index (χ2n) is 6.64. The molecule has 136 valence electrons. The van der Waals surface area contributed by atoms with Crippen molar-refractivity contribution in [1.29, 1.82) is 0 Å². The van der Waals surface area contributed by atoms with Crippen molar-refractivity contribution in [3.8, 4) is 11.3 Å². The first-order valence-electron chi connectivity index (χ1n) is 8.01. The molecule has 0 spiro atoms. The lowest BCUT2D eigenvalue weighted by molar-refractivity contribution is -0.160. The van der Waals surface area contributed by atoms with Gasteiger partial charge in [0.05, 0.1) is 29.5 Å². The molecule has 0 radical (unpaired) electrons. The van der Waals surface area contributed by atoms with Crippen LogP contribution in [0.25, 0.3) is 11.3 Å². The summed E-state index contributed by atoms with van der Waals surface area (Å²) in [6.45, 7) is 0.464. The van der Waals surface area contributed by atoms with E-state index in [-0.39, 0.29) is 24.9 Å². The minimum atomic E-state index is -2.74. The van der Waals surface area contributed by atoms with Gasteiger partial charge in [0.2, 0.25) is 17.8 Å². The molecular formula is C17H14Cl2F2N4O. The van der Waals surface area contributed by atoms with Crippen LogP contribution in [0, 0.1) is 5.92 Å². The van der Waals surface area contributed by atoms with Gasteiger partial charge in [-0.3, -0.25) is 4.79 Å². The maximum absolute atomic E-state index is 13.1. The lowest BCUT2D eigenvalue weighted by Gasteiger charge is -2.35. The molecule has 1 aromatic carbocycles. The van der Waals surface area contributed by atoms with E-state index in [1.54, 1.807) is 18.2 Å². The van der Waals surface area contributed by atoms with Crippen LogP contribution in [0.5, 0.6) is 0 Å². The summed E-state index contributed by atoms with van der Waals surface area (Å²) in [6.07, 6.45) is -0.801. The Balaban J connectivity index is 1.65. The van der Waals surface area contributed by atoms with E-state index in [2.05, 4.69) is 9.97 Å². The fraction of sp³-hybridized carbons (Fsp3) is 0.353. The summed E-state index contributed by atoms with van der Waals surface area (Å²) in [5.41, 5.74) is 8.30. The summed E-state index contributed by atoms with van der Waals surface area (Å²) in [5, 5.41) is 0.890. The number of anilines is 1. The van der Waals surface area contributed by atoms with E-state index in [0.717, 1.165) is 5.56 Å². The van der Waals surface area contributed by atoms with Crippen LogP contribution in [0.3, 0.4) is 0 Å². The highest BCUT2D eigenvalue weighted by atomic mass is 35.5. The summed E-state index contributed by atoms with van der Waals surface area (Å²) in [6, 6.07) is 5.00. The fourth-order valence-electron chi connectivity index (χ4n) is 3.43. The number of hydrogen-bond acceptors (Lipinski definition) is 4. The van der Waals surface area contributed by atoms with Crippen molar-refractivity contribution in [3.63, 3.8) is 0 Å². The van der Waals surface area contributed by atoms with Crippen LogP contribution >= 0.6 is 23.2 Å². The molecule has 1 aliphatic carbocycles. The average Bonchev–Trinajstić information content (AvgIpc) is 2.95. The van der Waals surface area contributed by atoms with Crippen LogP contribution in [0.2, 0.25) is 10.0 Å². The quantitative estimate of drug-likeness (QED) is 0.831. The second-order valence-corrected chi connectivity index (χ2v) is 7.48. The Morgan fingerprint density at radius 3 is 2.62 bits per heavy atom. The van der Waals surface area contributed by atoms with Crippen LogP contribution in [0.15, 0.2) is 18.2 Å². The first-order chi connectivity index (χ1) is 12.2. The number of carbonyl (C=O) groups excluding carboxylic acids is 1. The molecule has 4 rings (SSSR count). The minimum Gasteiger partial charge on any atom is -0.368 e. The molecular weight excluding hydrogens is 385 g/mol. The van der Waals surface area contributed by atoms with Crippen molar-refractivity contribution in [1.82, 2.24) is 14.9 Å². The fourth-order valence-corrected chi connectivity index (χ4v) is 3.93. The Hall–Kier alpha value is -1.99. The van der Waals surface area contributed by atoms with Crippen LogP contribution in [0.4, 0.5) is 14.7 Å². The average molecular weight is 399 g/mol. The number of nitrogens with zero attached hydrogens (tertiary/aromatic N) is 3. The third kappa shape index (κ3) is 2.99. The number of rotatable bonds is 2. The number of fused-ring (bicyclic) bond motifs is 1. The van der Waals surface area contributed by atoms with Gasteiger partial charge in [0.1, 0.15) is 0 Å². The van der Waals surface area contributed by atoms with Crippen molar-refractivity contribution in [3.05, 3.63) is 39.5 Å². The van der Waals surface area contributed by atoms with Crippen molar-refractivity contribution < 1.29 is 13.6 Å². The lowest BCUT2D eigenvalue weighted by Crippen LogP contribution is -2.45. The van der Waals surface area contributed by atoms with E-state index in [4.69, 9.17) is 28.9 Å². The number of nitrogen functional groups attached to an aromatic ring is 1. The zero-order chi connectivity index (χ0) is 18.6. The minimum absolute atomic E-state index is 0.0641. The molecule has 2 heterocycles. The monoisotopic (exact) mass is 398 g/mol. The molecule has 0 bridgehead atoms. The third-order valence-electron chi connectivity index (χ3n) is 4.74. The number of amides is 1. The van der Waals surface area contributed by atoms with Crippen molar-refractivity contribution in [2.45, 2.75) is 31.9 Å². The number of aromatic nitrogens is 2. The summed E-state index contributed by atoms with van der Waals surface area (Å²) in [4.78, 5) is 22.5. The smallest absolute Gasteiger partial charge is 0.249 e. The van der Waals surface area contributed by atoms with Crippen molar-refractivity contribution >= 4 is 35.1 Å². The van der Waals surface area contributed by atoms with E-state index >= 15 is 0 Å². The molecule has 0 saturated heterocycles. The maximum Gasteiger partial charge on any atom is 0.249 e. The van der Waals surface area contributed by atoms with Gasteiger partial charge >= 0.3 is 0 Å². The summed E-state index contributed by atoms with van der Waals surface area (Å²) in [5.74, 6) is -3.61. The number of benzene rings is 1. The summed E-state index contributed by atoms with van der Waals surface area (Å²) >= 11 is 12.2. The van der Waals surface area contributed by atoms with Crippen molar-refractivity contribution in [2.75, 3.05) is 5.73 Å². The number of hydrogen-bond donors (Lipinski definition) is 1. The first kappa shape index (κ1) is 17.4. The number of carbonyl (C=O) groups is 1. The highest BCUT2D eigenvalue weighted by Crippen LogP contribution is 2.44. The van der Waals surface area contributed by atoms with Gasteiger partial charge in [-0.2, -0.15) is 0 Å². The largest absolute Gasteiger partial charge is 0.368 e. The number of nitrogens with two attached hydrogens (primary N) is 1. The first-order valence-corrected chi connectivity index (χ1v) is 8.76. The molecule has 1 amide bonds. The van der Waals surface area contributed by atoms with Gasteiger partial charge < -0.3 is 10.6 Å². The van der Waals surface area contributed by atoms with Gasteiger partial charge in [-0.1, -0.05) is 23.2 Å². The van der Waals surface area contributed by atoms with E-state index in [0.29, 0.717) is 27.0 Å². The Morgan fingerprint density at radius 1 is 1.23 bits per heavy atom. The molecule has 1 aliphatic heterocycles. The topological polar surface area (TPSA) is 72.1 Å². The van der Waals surface area contributed by atoms with Crippen LogP contribution in [0.1, 0.15) is 24.1 Å². The van der Waals surface area contributed by atoms with E-state index in [1.807, 2.05) is 0 Å². The number of alkyl halides is 2. The lowest BCUT2D eigenvalue weighted by atomic mass is 9.80. The predicted octanol–water partition coefficient (Wildman–Crippen LogP) is 3.92. The van der Waals surface area contributed by atoms with Gasteiger partial charge in [-0.25, -0.2) is 18.7 Å². The molecule has 26 heavy (non-hydrogen) atoms. The predicted molar refractivity (Wildman–Crippen MR) is 93.8 cm³/mol. The van der Waals surface area contributed by atoms with Crippen LogP contribution in [-0.2, 0) is 17.9 Å². The van der Waals surface area contributed by atoms with Gasteiger partial charge in [0.15, 0.2) is 0 Å². The Kier molecular flexibility index (Phi) is 4.04. The molecule has 0 atom stereocenters.